The van der Waals surface area contributed by atoms with Gasteiger partial charge in [-0.3, -0.25) is 4.90 Å². The third kappa shape index (κ3) is 5.53. The number of benzene rings is 3. The van der Waals surface area contributed by atoms with E-state index >= 15 is 0 Å². The fourth-order valence-corrected chi connectivity index (χ4v) is 3.52. The Bertz CT molecular complexity index is 828. The third-order valence-electron chi connectivity index (χ3n) is 5.01. The lowest BCUT2D eigenvalue weighted by molar-refractivity contribution is 0.255. The predicted octanol–water partition coefficient (Wildman–Crippen LogP) is 4.54. The van der Waals surface area contributed by atoms with Gasteiger partial charge in [-0.25, -0.2) is 0 Å². The van der Waals surface area contributed by atoms with Crippen molar-refractivity contribution in [1.29, 1.82) is 5.26 Å². The Balaban J connectivity index is 1.83. The lowest BCUT2D eigenvalue weighted by atomic mass is 9.90. The van der Waals surface area contributed by atoms with Crippen molar-refractivity contribution < 1.29 is 0 Å². The minimum absolute atomic E-state index is 0.304. The maximum absolute atomic E-state index is 9.02. The average Bonchev–Trinajstić information content (AvgIpc) is 2.77. The summed E-state index contributed by atoms with van der Waals surface area (Å²) in [4.78, 5) is 2.47. The summed E-state index contributed by atoms with van der Waals surface area (Å²) in [7, 11) is 0. The number of hydrogen-bond acceptors (Lipinski definition) is 3. The first-order valence-electron chi connectivity index (χ1n) is 9.81. The molecule has 0 spiro atoms. The second-order valence-corrected chi connectivity index (χ2v) is 7.06. The summed E-state index contributed by atoms with van der Waals surface area (Å²) >= 11 is 0. The lowest BCUT2D eigenvalue weighted by Crippen LogP contribution is -2.31. The zero-order valence-electron chi connectivity index (χ0n) is 16.2. The van der Waals surface area contributed by atoms with E-state index in [1.807, 2.05) is 24.3 Å². The van der Waals surface area contributed by atoms with E-state index in [2.05, 4.69) is 71.6 Å². The minimum Gasteiger partial charge on any atom is -0.330 e. The number of nitrogens with two attached hydrogens (primary N) is 1. The van der Waals surface area contributed by atoms with Crippen LogP contribution in [-0.4, -0.2) is 24.5 Å². The molecule has 3 rings (SSSR count). The highest BCUT2D eigenvalue weighted by Crippen LogP contribution is 2.26. The molecule has 0 bridgehead atoms. The second-order valence-electron chi connectivity index (χ2n) is 7.06. The first-order valence-corrected chi connectivity index (χ1v) is 9.81. The molecule has 3 nitrogen and oxygen atoms in total. The quantitative estimate of drug-likeness (QED) is 0.602. The molecule has 0 unspecified atom stereocenters. The predicted molar refractivity (Wildman–Crippen MR) is 115 cm³/mol. The van der Waals surface area contributed by atoms with Crippen molar-refractivity contribution in [2.24, 2.45) is 5.73 Å². The highest BCUT2D eigenvalue weighted by molar-refractivity contribution is 5.34. The molecule has 3 aromatic rings. The monoisotopic (exact) mass is 369 g/mol. The van der Waals surface area contributed by atoms with Crippen LogP contribution in [0, 0.1) is 11.3 Å². The Morgan fingerprint density at radius 2 is 1.39 bits per heavy atom. The number of rotatable bonds is 9. The van der Waals surface area contributed by atoms with Gasteiger partial charge in [-0.1, -0.05) is 72.8 Å². The van der Waals surface area contributed by atoms with E-state index in [0.29, 0.717) is 18.0 Å². The molecule has 0 radical (unpaired) electrons. The van der Waals surface area contributed by atoms with Crippen molar-refractivity contribution in [3.63, 3.8) is 0 Å². The van der Waals surface area contributed by atoms with E-state index in [-0.39, 0.29) is 0 Å². The Morgan fingerprint density at radius 1 is 0.821 bits per heavy atom. The molecular weight excluding hydrogens is 342 g/mol. The average molecular weight is 370 g/mol. The van der Waals surface area contributed by atoms with Crippen LogP contribution in [0.1, 0.15) is 34.6 Å². The first-order chi connectivity index (χ1) is 13.8. The molecule has 3 heteroatoms. The molecule has 0 heterocycles. The van der Waals surface area contributed by atoms with Crippen LogP contribution in [0.2, 0.25) is 0 Å². The van der Waals surface area contributed by atoms with Crippen molar-refractivity contribution >= 4 is 0 Å². The molecule has 0 aliphatic carbocycles. The summed E-state index contributed by atoms with van der Waals surface area (Å²) in [5.41, 5.74) is 10.4. The molecule has 0 aliphatic rings. The van der Waals surface area contributed by atoms with Gasteiger partial charge < -0.3 is 5.73 Å². The molecule has 0 aliphatic heterocycles. The van der Waals surface area contributed by atoms with Crippen LogP contribution < -0.4 is 5.73 Å². The highest BCUT2D eigenvalue weighted by atomic mass is 15.1. The normalized spacial score (nSPS) is 10.9. The Kier molecular flexibility index (Phi) is 7.37. The van der Waals surface area contributed by atoms with Gasteiger partial charge in [0.2, 0.25) is 0 Å². The van der Waals surface area contributed by atoms with Crippen LogP contribution in [-0.2, 0) is 6.54 Å². The summed E-state index contributed by atoms with van der Waals surface area (Å²) in [6.07, 6.45) is 0.965. The molecule has 0 saturated carbocycles. The molecule has 3 aromatic carbocycles. The minimum atomic E-state index is 0.304. The standard InChI is InChI=1S/C25H27N3/c26-16-7-17-28(19-22-14-12-21(18-27)13-15-22)20-25(23-8-3-1-4-9-23)24-10-5-2-6-11-24/h1-6,8-15,25H,7,16-17,19-20,26H2. The van der Waals surface area contributed by atoms with E-state index < -0.39 is 0 Å². The number of hydrogen-bond donors (Lipinski definition) is 1. The van der Waals surface area contributed by atoms with E-state index in [1.54, 1.807) is 0 Å². The van der Waals surface area contributed by atoms with Gasteiger partial charge in [0.25, 0.3) is 0 Å². The maximum Gasteiger partial charge on any atom is 0.0991 e. The van der Waals surface area contributed by atoms with Gasteiger partial charge in [-0.05, 0) is 48.3 Å². The van der Waals surface area contributed by atoms with Crippen molar-refractivity contribution in [3.8, 4) is 6.07 Å². The summed E-state index contributed by atoms with van der Waals surface area (Å²) in [6, 6.07) is 31.5. The lowest BCUT2D eigenvalue weighted by Gasteiger charge is -2.28. The summed E-state index contributed by atoms with van der Waals surface area (Å²) in [5.74, 6) is 0.304. The topological polar surface area (TPSA) is 53.0 Å². The molecule has 2 N–H and O–H groups in total. The molecule has 0 saturated heterocycles. The van der Waals surface area contributed by atoms with E-state index in [1.165, 1.54) is 16.7 Å². The van der Waals surface area contributed by atoms with Crippen LogP contribution in [0.25, 0.3) is 0 Å². The molecular formula is C25H27N3. The Morgan fingerprint density at radius 3 is 1.89 bits per heavy atom. The van der Waals surface area contributed by atoms with Crippen molar-refractivity contribution in [2.45, 2.75) is 18.9 Å². The molecule has 142 valence electrons. The molecule has 28 heavy (non-hydrogen) atoms. The fraction of sp³-hybridized carbons (Fsp3) is 0.240. The van der Waals surface area contributed by atoms with Gasteiger partial charge in [0.15, 0.2) is 0 Å². The summed E-state index contributed by atoms with van der Waals surface area (Å²) in [6.45, 7) is 3.41. The van der Waals surface area contributed by atoms with Gasteiger partial charge >= 0.3 is 0 Å². The zero-order valence-corrected chi connectivity index (χ0v) is 16.2. The maximum atomic E-state index is 9.02. The third-order valence-corrected chi connectivity index (χ3v) is 5.01. The largest absolute Gasteiger partial charge is 0.330 e. The smallest absolute Gasteiger partial charge is 0.0991 e. The SMILES string of the molecule is N#Cc1ccc(CN(CCCN)CC(c2ccccc2)c2ccccc2)cc1. The Hall–Kier alpha value is -2.93. The zero-order chi connectivity index (χ0) is 19.6. The molecule has 0 aromatic heterocycles. The van der Waals surface area contributed by atoms with E-state index in [4.69, 9.17) is 11.0 Å². The van der Waals surface area contributed by atoms with Crippen LogP contribution in [0.4, 0.5) is 0 Å². The number of nitriles is 1. The molecule has 0 amide bonds. The van der Waals surface area contributed by atoms with E-state index in [0.717, 1.165) is 26.1 Å². The first kappa shape index (κ1) is 19.8. The highest BCUT2D eigenvalue weighted by Gasteiger charge is 2.18. The summed E-state index contributed by atoms with van der Waals surface area (Å²) in [5, 5.41) is 9.02. The van der Waals surface area contributed by atoms with Crippen molar-refractivity contribution in [2.75, 3.05) is 19.6 Å². The van der Waals surface area contributed by atoms with Gasteiger partial charge in [-0.15, -0.1) is 0 Å². The van der Waals surface area contributed by atoms with Crippen molar-refractivity contribution in [3.05, 3.63) is 107 Å². The van der Waals surface area contributed by atoms with Gasteiger partial charge in [0.05, 0.1) is 11.6 Å². The molecule has 0 fully saturated rings. The Labute approximate surface area is 168 Å². The van der Waals surface area contributed by atoms with Gasteiger partial charge in [0.1, 0.15) is 0 Å². The number of nitrogens with zero attached hydrogens (tertiary/aromatic N) is 2. The van der Waals surface area contributed by atoms with Crippen molar-refractivity contribution in [1.82, 2.24) is 4.90 Å². The van der Waals surface area contributed by atoms with Crippen LogP contribution in [0.5, 0.6) is 0 Å². The second kappa shape index (κ2) is 10.4. The van der Waals surface area contributed by atoms with E-state index in [9.17, 15) is 0 Å². The van der Waals surface area contributed by atoms with Gasteiger partial charge in [-0.2, -0.15) is 5.26 Å². The fourth-order valence-electron chi connectivity index (χ4n) is 3.52. The van der Waals surface area contributed by atoms with Crippen LogP contribution in [0.3, 0.4) is 0 Å². The van der Waals surface area contributed by atoms with Crippen LogP contribution >= 0.6 is 0 Å². The van der Waals surface area contributed by atoms with Gasteiger partial charge in [0, 0.05) is 19.0 Å². The van der Waals surface area contributed by atoms with Crippen LogP contribution in [0.15, 0.2) is 84.9 Å². The molecule has 0 atom stereocenters. The summed E-state index contributed by atoms with van der Waals surface area (Å²) < 4.78 is 0.